The first-order valence-corrected chi connectivity index (χ1v) is 6.51. The summed E-state index contributed by atoms with van der Waals surface area (Å²) < 4.78 is 0. The molecule has 2 aromatic carbocycles. The predicted molar refractivity (Wildman–Crippen MR) is 81.9 cm³/mol. The maximum atomic E-state index is 10.4. The average Bonchev–Trinajstić information content (AvgIpc) is 2.44. The first-order chi connectivity index (χ1) is 9.63. The van der Waals surface area contributed by atoms with Crippen LogP contribution in [0.15, 0.2) is 54.6 Å². The molecule has 0 saturated heterocycles. The van der Waals surface area contributed by atoms with Gasteiger partial charge < -0.3 is 10.4 Å². The van der Waals surface area contributed by atoms with E-state index in [1.165, 1.54) is 0 Å². The van der Waals surface area contributed by atoms with Crippen LogP contribution >= 0.6 is 11.6 Å². The molecule has 0 aliphatic carbocycles. The van der Waals surface area contributed by atoms with Gasteiger partial charge in [0, 0.05) is 23.3 Å². The van der Waals surface area contributed by atoms with Crippen LogP contribution in [0.25, 0.3) is 6.08 Å². The third-order valence-electron chi connectivity index (χ3n) is 2.72. The van der Waals surface area contributed by atoms with Gasteiger partial charge in [-0.15, -0.1) is 0 Å². The molecule has 3 nitrogen and oxygen atoms in total. The molecule has 0 aliphatic heterocycles. The number of aliphatic carboxylic acids is 1. The molecule has 20 heavy (non-hydrogen) atoms. The van der Waals surface area contributed by atoms with E-state index < -0.39 is 5.97 Å². The third kappa shape index (κ3) is 4.44. The van der Waals surface area contributed by atoms with Crippen LogP contribution in [0.4, 0.5) is 5.69 Å². The fourth-order valence-electron chi connectivity index (χ4n) is 1.72. The summed E-state index contributed by atoms with van der Waals surface area (Å²) in [5.41, 5.74) is 2.93. The van der Waals surface area contributed by atoms with Crippen molar-refractivity contribution in [1.29, 1.82) is 0 Å². The number of halogens is 1. The van der Waals surface area contributed by atoms with Crippen molar-refractivity contribution < 1.29 is 9.90 Å². The van der Waals surface area contributed by atoms with Crippen LogP contribution in [0.3, 0.4) is 0 Å². The van der Waals surface area contributed by atoms with Crippen molar-refractivity contribution in [3.05, 3.63) is 70.8 Å². The second kappa shape index (κ2) is 6.78. The Morgan fingerprint density at radius 1 is 1.20 bits per heavy atom. The number of hydrogen-bond acceptors (Lipinski definition) is 2. The van der Waals surface area contributed by atoms with Crippen molar-refractivity contribution in [1.82, 2.24) is 0 Å². The molecule has 0 atom stereocenters. The first-order valence-electron chi connectivity index (χ1n) is 6.13. The van der Waals surface area contributed by atoms with E-state index in [0.717, 1.165) is 22.9 Å². The van der Waals surface area contributed by atoms with E-state index in [4.69, 9.17) is 16.7 Å². The standard InChI is InChI=1S/C16H14ClNO2/c17-14-2-1-3-15(10-14)18-11-13-6-4-12(5-7-13)8-9-16(19)20/h1-10,18H,11H2,(H,19,20). The van der Waals surface area contributed by atoms with Gasteiger partial charge in [0.25, 0.3) is 0 Å². The lowest BCUT2D eigenvalue weighted by atomic mass is 10.1. The van der Waals surface area contributed by atoms with Gasteiger partial charge in [0.05, 0.1) is 0 Å². The van der Waals surface area contributed by atoms with E-state index in [1.54, 1.807) is 6.08 Å². The fourth-order valence-corrected chi connectivity index (χ4v) is 1.91. The van der Waals surface area contributed by atoms with Crippen LogP contribution < -0.4 is 5.32 Å². The summed E-state index contributed by atoms with van der Waals surface area (Å²) in [6.07, 6.45) is 2.69. The first kappa shape index (κ1) is 14.2. The van der Waals surface area contributed by atoms with Crippen molar-refractivity contribution in [2.75, 3.05) is 5.32 Å². The summed E-state index contributed by atoms with van der Waals surface area (Å²) in [7, 11) is 0. The monoisotopic (exact) mass is 287 g/mol. The SMILES string of the molecule is O=C(O)C=Cc1ccc(CNc2cccc(Cl)c2)cc1. The number of benzene rings is 2. The minimum absolute atomic E-state index is 0.684. The molecule has 2 aromatic rings. The Kier molecular flexibility index (Phi) is 4.80. The highest BCUT2D eigenvalue weighted by molar-refractivity contribution is 6.30. The molecule has 0 spiro atoms. The Morgan fingerprint density at radius 3 is 2.60 bits per heavy atom. The molecule has 2 rings (SSSR count). The molecule has 2 N–H and O–H groups in total. The van der Waals surface area contributed by atoms with E-state index in [0.29, 0.717) is 11.6 Å². The summed E-state index contributed by atoms with van der Waals surface area (Å²) in [6, 6.07) is 15.2. The van der Waals surface area contributed by atoms with Gasteiger partial charge in [0.15, 0.2) is 0 Å². The summed E-state index contributed by atoms with van der Waals surface area (Å²) in [5, 5.41) is 12.5. The van der Waals surface area contributed by atoms with Gasteiger partial charge >= 0.3 is 5.97 Å². The average molecular weight is 288 g/mol. The predicted octanol–water partition coefficient (Wildman–Crippen LogP) is 4.05. The lowest BCUT2D eigenvalue weighted by Gasteiger charge is -2.07. The molecule has 0 aromatic heterocycles. The van der Waals surface area contributed by atoms with Gasteiger partial charge in [0.2, 0.25) is 0 Å². The minimum Gasteiger partial charge on any atom is -0.478 e. The summed E-state index contributed by atoms with van der Waals surface area (Å²) in [4.78, 5) is 10.4. The van der Waals surface area contributed by atoms with Crippen molar-refractivity contribution in [2.24, 2.45) is 0 Å². The lowest BCUT2D eigenvalue weighted by Crippen LogP contribution is -1.98. The Morgan fingerprint density at radius 2 is 1.95 bits per heavy atom. The second-order valence-electron chi connectivity index (χ2n) is 4.28. The van der Waals surface area contributed by atoms with Crippen LogP contribution in [-0.2, 0) is 11.3 Å². The fraction of sp³-hybridized carbons (Fsp3) is 0.0625. The highest BCUT2D eigenvalue weighted by Crippen LogP contribution is 2.16. The van der Waals surface area contributed by atoms with Crippen molar-refractivity contribution in [3.8, 4) is 0 Å². The Balaban J connectivity index is 1.95. The number of carboxylic acids is 1. The van der Waals surface area contributed by atoms with Gasteiger partial charge in [-0.25, -0.2) is 4.79 Å². The van der Waals surface area contributed by atoms with Crippen LogP contribution in [-0.4, -0.2) is 11.1 Å². The van der Waals surface area contributed by atoms with Gasteiger partial charge in [-0.3, -0.25) is 0 Å². The number of anilines is 1. The summed E-state index contributed by atoms with van der Waals surface area (Å²) in [6.45, 7) is 0.684. The summed E-state index contributed by atoms with van der Waals surface area (Å²) >= 11 is 5.91. The molecule has 102 valence electrons. The number of nitrogens with one attached hydrogen (secondary N) is 1. The maximum absolute atomic E-state index is 10.4. The highest BCUT2D eigenvalue weighted by atomic mass is 35.5. The van der Waals surface area contributed by atoms with Crippen LogP contribution in [0, 0.1) is 0 Å². The van der Waals surface area contributed by atoms with Crippen LogP contribution in [0.2, 0.25) is 5.02 Å². The second-order valence-corrected chi connectivity index (χ2v) is 4.71. The molecular weight excluding hydrogens is 274 g/mol. The number of hydrogen-bond donors (Lipinski definition) is 2. The van der Waals surface area contributed by atoms with E-state index in [1.807, 2.05) is 48.5 Å². The number of carbonyl (C=O) groups is 1. The molecule has 4 heteroatoms. The smallest absolute Gasteiger partial charge is 0.328 e. The molecule has 0 aliphatic rings. The zero-order valence-corrected chi connectivity index (χ0v) is 11.5. The Labute approximate surface area is 122 Å². The molecule has 0 unspecified atom stereocenters. The summed E-state index contributed by atoms with van der Waals surface area (Å²) in [5.74, 6) is -0.948. The topological polar surface area (TPSA) is 49.3 Å². The molecule has 0 amide bonds. The van der Waals surface area contributed by atoms with Crippen molar-refractivity contribution in [2.45, 2.75) is 6.54 Å². The quantitative estimate of drug-likeness (QED) is 0.816. The zero-order valence-electron chi connectivity index (χ0n) is 10.7. The van der Waals surface area contributed by atoms with E-state index in [9.17, 15) is 4.79 Å². The van der Waals surface area contributed by atoms with Gasteiger partial charge in [-0.05, 0) is 35.4 Å². The molecular formula is C16H14ClNO2. The maximum Gasteiger partial charge on any atom is 0.328 e. The lowest BCUT2D eigenvalue weighted by molar-refractivity contribution is -0.131. The van der Waals surface area contributed by atoms with Crippen LogP contribution in [0.1, 0.15) is 11.1 Å². The molecule has 0 radical (unpaired) electrons. The van der Waals surface area contributed by atoms with Crippen molar-refractivity contribution >= 4 is 29.3 Å². The number of rotatable bonds is 5. The number of carboxylic acid groups (broad SMARTS) is 1. The molecule has 0 saturated carbocycles. The van der Waals surface area contributed by atoms with Gasteiger partial charge in [0.1, 0.15) is 0 Å². The minimum atomic E-state index is -0.948. The van der Waals surface area contributed by atoms with Crippen LogP contribution in [0.5, 0.6) is 0 Å². The van der Waals surface area contributed by atoms with E-state index >= 15 is 0 Å². The van der Waals surface area contributed by atoms with E-state index in [-0.39, 0.29) is 0 Å². The molecule has 0 bridgehead atoms. The highest BCUT2D eigenvalue weighted by Gasteiger charge is 1.96. The largest absolute Gasteiger partial charge is 0.478 e. The molecule has 0 heterocycles. The normalized spacial score (nSPS) is 10.7. The Bertz CT molecular complexity index is 621. The third-order valence-corrected chi connectivity index (χ3v) is 2.95. The van der Waals surface area contributed by atoms with Gasteiger partial charge in [-0.2, -0.15) is 0 Å². The van der Waals surface area contributed by atoms with Crippen molar-refractivity contribution in [3.63, 3.8) is 0 Å². The van der Waals surface area contributed by atoms with E-state index in [2.05, 4.69) is 5.32 Å². The Hall–Kier alpha value is -2.26. The van der Waals surface area contributed by atoms with Gasteiger partial charge in [-0.1, -0.05) is 41.9 Å². The zero-order chi connectivity index (χ0) is 14.4. The molecule has 0 fully saturated rings.